The number of benzene rings is 1. The van der Waals surface area contributed by atoms with Crippen molar-refractivity contribution in [3.63, 3.8) is 0 Å². The second-order valence-corrected chi connectivity index (χ2v) is 8.74. The lowest BCUT2D eigenvalue weighted by Gasteiger charge is -2.42. The van der Waals surface area contributed by atoms with E-state index in [-0.39, 0.29) is 34.2 Å². The number of aliphatic hydroxyl groups is 1. The smallest absolute Gasteiger partial charge is 0.153 e. The van der Waals surface area contributed by atoms with Crippen LogP contribution in [0.15, 0.2) is 12.1 Å². The van der Waals surface area contributed by atoms with Crippen molar-refractivity contribution < 1.29 is 9.50 Å². The average molecular weight is 430 g/mol. The Bertz CT molecular complexity index is 1010. The number of nitrogens with two attached hydrogens (primary N) is 1. The fourth-order valence-corrected chi connectivity index (χ4v) is 5.13. The van der Waals surface area contributed by atoms with E-state index in [0.29, 0.717) is 22.9 Å². The third kappa shape index (κ3) is 3.43. The van der Waals surface area contributed by atoms with E-state index in [9.17, 15) is 14.8 Å². The number of hydrogen-bond donors (Lipinski definition) is 2. The van der Waals surface area contributed by atoms with Gasteiger partial charge in [0, 0.05) is 24.7 Å². The van der Waals surface area contributed by atoms with Crippen molar-refractivity contribution >= 4 is 17.4 Å². The molecule has 158 valence electrons. The summed E-state index contributed by atoms with van der Waals surface area (Å²) in [5.41, 5.74) is 7.77. The first kappa shape index (κ1) is 21.0. The van der Waals surface area contributed by atoms with Crippen LogP contribution in [0.5, 0.6) is 0 Å². The summed E-state index contributed by atoms with van der Waals surface area (Å²) in [6.45, 7) is 3.06. The summed E-state index contributed by atoms with van der Waals surface area (Å²) in [7, 11) is 0. The van der Waals surface area contributed by atoms with E-state index in [2.05, 4.69) is 14.9 Å². The topological polar surface area (TPSA) is 99.1 Å². The Kier molecular flexibility index (Phi) is 5.67. The highest BCUT2D eigenvalue weighted by molar-refractivity contribution is 6.31. The molecule has 0 bridgehead atoms. The third-order valence-electron chi connectivity index (χ3n) is 6.76. The second-order valence-electron chi connectivity index (χ2n) is 8.33. The van der Waals surface area contributed by atoms with Gasteiger partial charge in [0.25, 0.3) is 0 Å². The molecule has 1 aromatic carbocycles. The summed E-state index contributed by atoms with van der Waals surface area (Å²) in [5.74, 6) is -0.0933. The predicted octanol–water partition coefficient (Wildman–Crippen LogP) is 3.71. The van der Waals surface area contributed by atoms with E-state index < -0.39 is 5.82 Å². The van der Waals surface area contributed by atoms with Crippen LogP contribution in [0, 0.1) is 29.5 Å². The van der Waals surface area contributed by atoms with Gasteiger partial charge in [-0.15, -0.1) is 0 Å². The van der Waals surface area contributed by atoms with Gasteiger partial charge >= 0.3 is 0 Å². The van der Waals surface area contributed by atoms with Crippen LogP contribution in [0.1, 0.15) is 49.1 Å². The Morgan fingerprint density at radius 1 is 1.33 bits per heavy atom. The molecule has 1 saturated heterocycles. The van der Waals surface area contributed by atoms with Crippen LogP contribution in [-0.2, 0) is 6.61 Å². The predicted molar refractivity (Wildman–Crippen MR) is 114 cm³/mol. The van der Waals surface area contributed by atoms with Gasteiger partial charge in [0.2, 0.25) is 0 Å². The summed E-state index contributed by atoms with van der Waals surface area (Å²) in [6.07, 6.45) is 5.45. The highest BCUT2D eigenvalue weighted by Gasteiger charge is 2.43. The fraction of sp³-hybridized carbons (Fsp3) is 0.500. The average Bonchev–Trinajstić information content (AvgIpc) is 3.09. The number of rotatable bonds is 3. The Hall–Kier alpha value is -2.27. The molecule has 1 aromatic heterocycles. The largest absolute Gasteiger partial charge is 0.390 e. The molecule has 3 N–H and O–H groups in total. The van der Waals surface area contributed by atoms with Crippen molar-refractivity contribution in [3.8, 4) is 17.3 Å². The van der Waals surface area contributed by atoms with E-state index in [0.717, 1.165) is 32.4 Å². The molecule has 0 radical (unpaired) electrons. The lowest BCUT2D eigenvalue weighted by molar-refractivity contribution is 0.196. The Morgan fingerprint density at radius 2 is 2.07 bits per heavy atom. The Balaban J connectivity index is 1.67. The molecule has 1 aliphatic carbocycles. The van der Waals surface area contributed by atoms with Gasteiger partial charge in [0.1, 0.15) is 17.3 Å². The molecule has 1 unspecified atom stereocenters. The van der Waals surface area contributed by atoms with E-state index in [1.807, 2.05) is 0 Å². The zero-order chi connectivity index (χ0) is 21.5. The fourth-order valence-electron chi connectivity index (χ4n) is 4.94. The van der Waals surface area contributed by atoms with Crippen molar-refractivity contribution in [1.82, 2.24) is 9.97 Å². The normalized spacial score (nSPS) is 20.5. The number of hydrogen-bond acceptors (Lipinski definition) is 6. The summed E-state index contributed by atoms with van der Waals surface area (Å²) < 4.78 is 14.8. The number of nitrogens with zero attached hydrogens (tertiary/aromatic N) is 4. The van der Waals surface area contributed by atoms with Gasteiger partial charge < -0.3 is 15.7 Å². The van der Waals surface area contributed by atoms with E-state index in [1.165, 1.54) is 25.0 Å². The van der Waals surface area contributed by atoms with Crippen molar-refractivity contribution in [2.75, 3.05) is 18.0 Å². The molecule has 8 heteroatoms. The van der Waals surface area contributed by atoms with E-state index in [1.54, 1.807) is 13.0 Å². The second kappa shape index (κ2) is 8.10. The van der Waals surface area contributed by atoms with Crippen LogP contribution < -0.4 is 10.6 Å². The van der Waals surface area contributed by atoms with Crippen molar-refractivity contribution in [3.05, 3.63) is 39.9 Å². The Labute approximate surface area is 180 Å². The summed E-state index contributed by atoms with van der Waals surface area (Å²) in [6, 6.07) is 5.01. The maximum absolute atomic E-state index is 14.8. The lowest BCUT2D eigenvalue weighted by Crippen LogP contribution is -2.47. The van der Waals surface area contributed by atoms with Gasteiger partial charge in [-0.2, -0.15) is 5.26 Å². The van der Waals surface area contributed by atoms with Crippen LogP contribution in [-0.4, -0.2) is 34.2 Å². The van der Waals surface area contributed by atoms with Crippen LogP contribution in [0.25, 0.3) is 11.3 Å². The minimum atomic E-state index is -0.728. The number of aromatic nitrogens is 2. The highest BCUT2D eigenvalue weighted by atomic mass is 35.5. The number of aliphatic hydroxyl groups excluding tert-OH is 1. The molecule has 4 rings (SSSR count). The molecule has 2 aliphatic rings. The molecule has 1 atom stereocenters. The molecule has 2 heterocycles. The van der Waals surface area contributed by atoms with Crippen LogP contribution >= 0.6 is 11.6 Å². The molecule has 1 saturated carbocycles. The first-order chi connectivity index (χ1) is 14.4. The zero-order valence-corrected chi connectivity index (χ0v) is 17.7. The number of nitriles is 1. The molecule has 2 aromatic rings. The highest BCUT2D eigenvalue weighted by Crippen LogP contribution is 2.46. The SMILES string of the molecule is Cc1nc(N2CCC3(CCCC3N)CC2)c(CO)nc1-c1ccc(Cl)c(C#N)c1F. The number of anilines is 1. The molecule has 2 fully saturated rings. The molecule has 1 spiro atoms. The maximum atomic E-state index is 14.8. The van der Waals surface area contributed by atoms with Gasteiger partial charge in [-0.3, -0.25) is 0 Å². The van der Waals surface area contributed by atoms with Crippen LogP contribution in [0.2, 0.25) is 5.02 Å². The lowest BCUT2D eigenvalue weighted by atomic mass is 9.74. The minimum Gasteiger partial charge on any atom is -0.390 e. The number of halogens is 2. The molecule has 1 aliphatic heterocycles. The van der Waals surface area contributed by atoms with Gasteiger partial charge in [0.15, 0.2) is 11.6 Å². The monoisotopic (exact) mass is 429 g/mol. The summed E-state index contributed by atoms with van der Waals surface area (Å²) in [5, 5.41) is 19.2. The zero-order valence-electron chi connectivity index (χ0n) is 17.0. The number of piperidine rings is 1. The van der Waals surface area contributed by atoms with E-state index >= 15 is 0 Å². The summed E-state index contributed by atoms with van der Waals surface area (Å²) >= 11 is 5.92. The molecule has 0 amide bonds. The molecule has 6 nitrogen and oxygen atoms in total. The van der Waals surface area contributed by atoms with Crippen molar-refractivity contribution in [2.45, 2.75) is 51.7 Å². The van der Waals surface area contributed by atoms with Gasteiger partial charge in [-0.25, -0.2) is 14.4 Å². The third-order valence-corrected chi connectivity index (χ3v) is 7.08. The molecular formula is C22H25ClFN5O. The standard InChI is InChI=1S/C22H25ClFN5O/c1-13-20(14-4-5-16(23)15(11-25)19(14)24)28-17(12-30)21(27-13)29-9-7-22(8-10-29)6-2-3-18(22)26/h4-5,18,30H,2-3,6-10,12,26H2,1H3. The van der Waals surface area contributed by atoms with Gasteiger partial charge in [0.05, 0.1) is 23.0 Å². The van der Waals surface area contributed by atoms with Crippen molar-refractivity contribution in [2.24, 2.45) is 11.1 Å². The summed E-state index contributed by atoms with van der Waals surface area (Å²) in [4.78, 5) is 11.4. The van der Waals surface area contributed by atoms with Gasteiger partial charge in [-0.1, -0.05) is 18.0 Å². The van der Waals surface area contributed by atoms with E-state index in [4.69, 9.17) is 17.3 Å². The van der Waals surface area contributed by atoms with Gasteiger partial charge in [-0.05, 0) is 50.2 Å². The Morgan fingerprint density at radius 3 is 2.67 bits per heavy atom. The minimum absolute atomic E-state index is 0.0516. The number of aryl methyl sites for hydroxylation is 1. The van der Waals surface area contributed by atoms with Crippen molar-refractivity contribution in [1.29, 1.82) is 5.26 Å². The first-order valence-electron chi connectivity index (χ1n) is 10.3. The first-order valence-corrected chi connectivity index (χ1v) is 10.7. The quantitative estimate of drug-likeness (QED) is 0.771. The molecular weight excluding hydrogens is 405 g/mol. The van der Waals surface area contributed by atoms with Crippen LogP contribution in [0.3, 0.4) is 0 Å². The van der Waals surface area contributed by atoms with Crippen LogP contribution in [0.4, 0.5) is 10.2 Å². The molecule has 30 heavy (non-hydrogen) atoms. The maximum Gasteiger partial charge on any atom is 0.153 e.